The number of hydrogen-bond donors (Lipinski definition) is 0. The summed E-state index contributed by atoms with van der Waals surface area (Å²) in [7, 11) is 4.10. The summed E-state index contributed by atoms with van der Waals surface area (Å²) in [5.74, 6) is 0. The second kappa shape index (κ2) is 6.93. The van der Waals surface area contributed by atoms with E-state index in [2.05, 4.69) is 64.5 Å². The van der Waals surface area contributed by atoms with E-state index < -0.39 is 0 Å². The van der Waals surface area contributed by atoms with Gasteiger partial charge in [-0.3, -0.25) is 4.98 Å². The first-order valence-electron chi connectivity index (χ1n) is 7.70. The van der Waals surface area contributed by atoms with E-state index in [1.807, 2.05) is 44.6 Å². The summed E-state index contributed by atoms with van der Waals surface area (Å²) in [5.41, 5.74) is 4.61. The molecule has 114 valence electrons. The maximum Gasteiger partial charge on any atom is 0.0707 e. The SMILES string of the molecule is CN(C)c1ccc(/C=C\C=C/c2ccnc3ccccc23)cc1. The van der Waals surface area contributed by atoms with Crippen LogP contribution < -0.4 is 4.90 Å². The van der Waals surface area contributed by atoms with Gasteiger partial charge in [-0.2, -0.15) is 0 Å². The molecule has 1 heterocycles. The molecule has 0 aliphatic rings. The minimum absolute atomic E-state index is 1.03. The van der Waals surface area contributed by atoms with Crippen LogP contribution in [0.3, 0.4) is 0 Å². The molecule has 0 radical (unpaired) electrons. The Morgan fingerprint density at radius 3 is 2.35 bits per heavy atom. The molecule has 0 spiro atoms. The highest BCUT2D eigenvalue weighted by molar-refractivity contribution is 5.87. The molecule has 23 heavy (non-hydrogen) atoms. The van der Waals surface area contributed by atoms with E-state index in [4.69, 9.17) is 0 Å². The molecule has 0 amide bonds. The Hall–Kier alpha value is -2.87. The monoisotopic (exact) mass is 300 g/mol. The Bertz CT molecular complexity index is 838. The molecule has 1 aromatic heterocycles. The second-order valence-corrected chi connectivity index (χ2v) is 5.62. The lowest BCUT2D eigenvalue weighted by Gasteiger charge is -2.11. The maximum absolute atomic E-state index is 4.38. The van der Waals surface area contributed by atoms with Crippen LogP contribution in [0.2, 0.25) is 0 Å². The Balaban J connectivity index is 1.75. The number of aromatic nitrogens is 1. The van der Waals surface area contributed by atoms with Crippen LogP contribution in [0.25, 0.3) is 23.1 Å². The van der Waals surface area contributed by atoms with E-state index in [-0.39, 0.29) is 0 Å². The number of para-hydroxylation sites is 1. The van der Waals surface area contributed by atoms with Gasteiger partial charge in [-0.05, 0) is 35.4 Å². The first-order valence-corrected chi connectivity index (χ1v) is 7.70. The number of fused-ring (bicyclic) bond motifs is 1. The van der Waals surface area contributed by atoms with E-state index in [9.17, 15) is 0 Å². The summed E-state index contributed by atoms with van der Waals surface area (Å²) >= 11 is 0. The van der Waals surface area contributed by atoms with E-state index in [1.165, 1.54) is 22.2 Å². The molecule has 0 saturated carbocycles. The van der Waals surface area contributed by atoms with Crippen LogP contribution in [0.5, 0.6) is 0 Å². The zero-order valence-electron chi connectivity index (χ0n) is 13.5. The molecule has 0 bridgehead atoms. The van der Waals surface area contributed by atoms with Gasteiger partial charge in [0, 0.05) is 31.4 Å². The smallest absolute Gasteiger partial charge is 0.0707 e. The molecule has 0 saturated heterocycles. The molecular formula is C21H20N2. The zero-order valence-corrected chi connectivity index (χ0v) is 13.5. The van der Waals surface area contributed by atoms with Crippen LogP contribution in [0.1, 0.15) is 11.1 Å². The number of hydrogen-bond acceptors (Lipinski definition) is 2. The normalized spacial score (nSPS) is 11.6. The number of benzene rings is 2. The van der Waals surface area contributed by atoms with Gasteiger partial charge in [-0.25, -0.2) is 0 Å². The van der Waals surface area contributed by atoms with E-state index in [0.29, 0.717) is 0 Å². The largest absolute Gasteiger partial charge is 0.378 e. The summed E-state index contributed by atoms with van der Waals surface area (Å²) in [6.07, 6.45) is 10.2. The topological polar surface area (TPSA) is 16.1 Å². The lowest BCUT2D eigenvalue weighted by molar-refractivity contribution is 1.13. The van der Waals surface area contributed by atoms with Gasteiger partial charge < -0.3 is 4.90 Å². The van der Waals surface area contributed by atoms with Gasteiger partial charge in [0.2, 0.25) is 0 Å². The summed E-state index contributed by atoms with van der Waals surface area (Å²) < 4.78 is 0. The van der Waals surface area contributed by atoms with Crippen molar-refractivity contribution in [3.8, 4) is 0 Å². The predicted octanol–water partition coefficient (Wildman–Crippen LogP) is 5.03. The lowest BCUT2D eigenvalue weighted by Crippen LogP contribution is -2.07. The van der Waals surface area contributed by atoms with Crippen LogP contribution >= 0.6 is 0 Å². The Kier molecular flexibility index (Phi) is 4.53. The van der Waals surface area contributed by atoms with Gasteiger partial charge in [-0.15, -0.1) is 0 Å². The molecule has 3 rings (SSSR count). The van der Waals surface area contributed by atoms with Crippen molar-refractivity contribution < 1.29 is 0 Å². The molecule has 0 aliphatic heterocycles. The molecule has 0 N–H and O–H groups in total. The van der Waals surface area contributed by atoms with Gasteiger partial charge in [0.25, 0.3) is 0 Å². The Morgan fingerprint density at radius 1 is 0.826 bits per heavy atom. The van der Waals surface area contributed by atoms with Crippen molar-refractivity contribution in [2.24, 2.45) is 0 Å². The number of anilines is 1. The van der Waals surface area contributed by atoms with Gasteiger partial charge in [-0.1, -0.05) is 54.6 Å². The highest BCUT2D eigenvalue weighted by Gasteiger charge is 1.96. The molecule has 0 atom stereocenters. The van der Waals surface area contributed by atoms with E-state index in [0.717, 1.165) is 5.52 Å². The third kappa shape index (κ3) is 3.67. The van der Waals surface area contributed by atoms with Gasteiger partial charge in [0.15, 0.2) is 0 Å². The molecule has 2 nitrogen and oxygen atoms in total. The van der Waals surface area contributed by atoms with E-state index in [1.54, 1.807) is 0 Å². The Labute approximate surface area is 137 Å². The minimum Gasteiger partial charge on any atom is -0.378 e. The third-order valence-electron chi connectivity index (χ3n) is 3.77. The van der Waals surface area contributed by atoms with Crippen LogP contribution in [0, 0.1) is 0 Å². The number of nitrogens with zero attached hydrogens (tertiary/aromatic N) is 2. The molecule has 3 aromatic rings. The van der Waals surface area contributed by atoms with Crippen molar-refractivity contribution in [1.82, 2.24) is 4.98 Å². The fourth-order valence-electron chi connectivity index (χ4n) is 2.47. The highest BCUT2D eigenvalue weighted by atomic mass is 15.1. The van der Waals surface area contributed by atoms with Crippen molar-refractivity contribution in [3.63, 3.8) is 0 Å². The quantitative estimate of drug-likeness (QED) is 0.628. The Morgan fingerprint density at radius 2 is 1.57 bits per heavy atom. The molecule has 0 fully saturated rings. The summed E-state index contributed by atoms with van der Waals surface area (Å²) in [5, 5.41) is 1.18. The summed E-state index contributed by atoms with van der Waals surface area (Å²) in [4.78, 5) is 6.48. The van der Waals surface area contributed by atoms with Crippen molar-refractivity contribution in [2.45, 2.75) is 0 Å². The van der Waals surface area contributed by atoms with Crippen molar-refractivity contribution in [3.05, 3.63) is 84.1 Å². The average molecular weight is 300 g/mol. The predicted molar refractivity (Wildman–Crippen MR) is 101 cm³/mol. The lowest BCUT2D eigenvalue weighted by atomic mass is 10.1. The first-order chi connectivity index (χ1) is 11.2. The first kappa shape index (κ1) is 15.0. The number of rotatable bonds is 4. The number of pyridine rings is 1. The molecular weight excluding hydrogens is 280 g/mol. The fraction of sp³-hybridized carbons (Fsp3) is 0.0952. The van der Waals surface area contributed by atoms with Crippen LogP contribution in [-0.2, 0) is 0 Å². The van der Waals surface area contributed by atoms with Crippen molar-refractivity contribution >= 4 is 28.7 Å². The fourth-order valence-corrected chi connectivity index (χ4v) is 2.47. The molecule has 2 heteroatoms. The van der Waals surface area contributed by atoms with Gasteiger partial charge >= 0.3 is 0 Å². The standard InChI is InChI=1S/C21H20N2/c1-23(2)19-13-11-17(12-14-19)7-3-4-8-18-15-16-22-21-10-6-5-9-20(18)21/h3-16H,1-2H3/b7-3-,8-4-. The summed E-state index contributed by atoms with van der Waals surface area (Å²) in [6, 6.07) is 18.7. The van der Waals surface area contributed by atoms with Crippen molar-refractivity contribution in [2.75, 3.05) is 19.0 Å². The van der Waals surface area contributed by atoms with E-state index >= 15 is 0 Å². The second-order valence-electron chi connectivity index (χ2n) is 5.62. The average Bonchev–Trinajstić information content (AvgIpc) is 2.59. The minimum atomic E-state index is 1.03. The number of allylic oxidation sites excluding steroid dienone is 2. The molecule has 2 aromatic carbocycles. The van der Waals surface area contributed by atoms with Gasteiger partial charge in [0.1, 0.15) is 0 Å². The van der Waals surface area contributed by atoms with Gasteiger partial charge in [0.05, 0.1) is 5.52 Å². The van der Waals surface area contributed by atoms with Crippen LogP contribution in [0.15, 0.2) is 72.9 Å². The third-order valence-corrected chi connectivity index (χ3v) is 3.77. The molecule has 0 aliphatic carbocycles. The zero-order chi connectivity index (χ0) is 16.1. The van der Waals surface area contributed by atoms with Crippen LogP contribution in [-0.4, -0.2) is 19.1 Å². The molecule has 0 unspecified atom stereocenters. The summed E-state index contributed by atoms with van der Waals surface area (Å²) in [6.45, 7) is 0. The maximum atomic E-state index is 4.38. The highest BCUT2D eigenvalue weighted by Crippen LogP contribution is 2.17. The van der Waals surface area contributed by atoms with Crippen molar-refractivity contribution in [1.29, 1.82) is 0 Å². The van der Waals surface area contributed by atoms with Crippen LogP contribution in [0.4, 0.5) is 5.69 Å².